The fourth-order valence-electron chi connectivity index (χ4n) is 2.78. The second-order valence-corrected chi connectivity index (χ2v) is 6.05. The van der Waals surface area contributed by atoms with Crippen LogP contribution in [-0.2, 0) is 17.6 Å². The second-order valence-electron chi connectivity index (χ2n) is 6.05. The van der Waals surface area contributed by atoms with Crippen LogP contribution in [0.5, 0.6) is 0 Å². The molecule has 0 saturated heterocycles. The number of carbonyl (C=O) groups excluding carboxylic acids is 2. The van der Waals surface area contributed by atoms with Crippen LogP contribution in [-0.4, -0.2) is 23.0 Å². The number of carbonyl (C=O) groups is 2. The number of benzene rings is 2. The van der Waals surface area contributed by atoms with E-state index < -0.39 is 23.8 Å². The van der Waals surface area contributed by atoms with Crippen molar-refractivity contribution in [2.75, 3.05) is 0 Å². The lowest BCUT2D eigenvalue weighted by Gasteiger charge is -2.18. The number of hydrogen-bond donors (Lipinski definition) is 3. The van der Waals surface area contributed by atoms with Crippen molar-refractivity contribution in [3.8, 4) is 0 Å². The standard InChI is InChI=1S/C20H23N2O3/c21-19(24)16(12-15-8-4-5-9-18(15)20(22)25)13-17(23)11-10-14-6-2-1-3-7-14/h1-9,11,16-17,23H,10,12-13H2,(H2,21,24)(H2,22,25)/t16-,17+/m1/s1. The maximum Gasteiger partial charge on any atom is 0.248 e. The van der Waals surface area contributed by atoms with E-state index >= 15 is 0 Å². The minimum Gasteiger partial charge on any atom is -0.393 e. The van der Waals surface area contributed by atoms with Gasteiger partial charge >= 0.3 is 0 Å². The number of amides is 2. The van der Waals surface area contributed by atoms with E-state index in [9.17, 15) is 14.7 Å². The van der Waals surface area contributed by atoms with Crippen LogP contribution < -0.4 is 11.5 Å². The van der Waals surface area contributed by atoms with Crippen molar-refractivity contribution in [3.63, 3.8) is 0 Å². The Labute approximate surface area is 147 Å². The highest BCUT2D eigenvalue weighted by molar-refractivity contribution is 5.94. The molecule has 131 valence electrons. The second kappa shape index (κ2) is 8.99. The zero-order valence-electron chi connectivity index (χ0n) is 14.0. The van der Waals surface area contributed by atoms with Crippen LogP contribution in [0, 0.1) is 12.3 Å². The summed E-state index contributed by atoms with van der Waals surface area (Å²) in [6, 6.07) is 16.6. The van der Waals surface area contributed by atoms with Crippen LogP contribution in [0.1, 0.15) is 27.9 Å². The molecule has 0 aliphatic heterocycles. The average molecular weight is 339 g/mol. The first-order valence-electron chi connectivity index (χ1n) is 8.19. The number of aliphatic hydroxyl groups is 1. The lowest BCUT2D eigenvalue weighted by atomic mass is 9.89. The van der Waals surface area contributed by atoms with Gasteiger partial charge in [0.25, 0.3) is 0 Å². The number of hydrogen-bond acceptors (Lipinski definition) is 3. The summed E-state index contributed by atoms with van der Waals surface area (Å²) in [6.07, 6.45) is 2.06. The smallest absolute Gasteiger partial charge is 0.248 e. The van der Waals surface area contributed by atoms with E-state index in [1.165, 1.54) is 0 Å². The summed E-state index contributed by atoms with van der Waals surface area (Å²) in [7, 11) is 0. The van der Waals surface area contributed by atoms with Gasteiger partial charge in [0, 0.05) is 11.5 Å². The number of nitrogens with two attached hydrogens (primary N) is 2. The van der Waals surface area contributed by atoms with Crippen molar-refractivity contribution in [2.24, 2.45) is 17.4 Å². The van der Waals surface area contributed by atoms with Gasteiger partial charge in [0.2, 0.25) is 11.8 Å². The first-order valence-corrected chi connectivity index (χ1v) is 8.19. The zero-order chi connectivity index (χ0) is 18.2. The molecule has 5 nitrogen and oxygen atoms in total. The fourth-order valence-corrected chi connectivity index (χ4v) is 2.78. The highest BCUT2D eigenvalue weighted by Gasteiger charge is 2.22. The molecule has 5 heteroatoms. The van der Waals surface area contributed by atoms with E-state index in [-0.39, 0.29) is 12.8 Å². The molecule has 0 aromatic heterocycles. The van der Waals surface area contributed by atoms with E-state index in [4.69, 9.17) is 11.5 Å². The zero-order valence-corrected chi connectivity index (χ0v) is 14.0. The maximum atomic E-state index is 11.8. The lowest BCUT2D eigenvalue weighted by Crippen LogP contribution is -2.30. The molecule has 0 spiro atoms. The van der Waals surface area contributed by atoms with Crippen molar-refractivity contribution in [2.45, 2.75) is 25.4 Å². The monoisotopic (exact) mass is 339 g/mol. The average Bonchev–Trinajstić information content (AvgIpc) is 2.60. The van der Waals surface area contributed by atoms with Crippen LogP contribution in [0.25, 0.3) is 0 Å². The Morgan fingerprint density at radius 2 is 1.64 bits per heavy atom. The minimum atomic E-state index is -0.765. The van der Waals surface area contributed by atoms with Gasteiger partial charge in [-0.15, -0.1) is 0 Å². The number of aliphatic hydroxyl groups excluding tert-OH is 1. The topological polar surface area (TPSA) is 106 Å². The molecule has 0 unspecified atom stereocenters. The van der Waals surface area contributed by atoms with Gasteiger partial charge in [0.05, 0.1) is 6.10 Å². The van der Waals surface area contributed by atoms with E-state index in [2.05, 4.69) is 0 Å². The summed E-state index contributed by atoms with van der Waals surface area (Å²) in [4.78, 5) is 23.3. The fraction of sp³-hybridized carbons (Fsp3) is 0.250. The summed E-state index contributed by atoms with van der Waals surface area (Å²) < 4.78 is 0. The molecule has 5 N–H and O–H groups in total. The molecule has 0 fully saturated rings. The largest absolute Gasteiger partial charge is 0.393 e. The van der Waals surface area contributed by atoms with E-state index in [1.807, 2.05) is 30.3 Å². The van der Waals surface area contributed by atoms with E-state index in [0.717, 1.165) is 5.56 Å². The third-order valence-electron chi connectivity index (χ3n) is 4.15. The summed E-state index contributed by atoms with van der Waals surface area (Å²) in [5.74, 6) is -1.64. The summed E-state index contributed by atoms with van der Waals surface area (Å²) in [5, 5.41) is 10.2. The van der Waals surface area contributed by atoms with Crippen LogP contribution in [0.3, 0.4) is 0 Å². The normalized spacial score (nSPS) is 13.2. The first-order chi connectivity index (χ1) is 12.0. The number of rotatable bonds is 9. The third kappa shape index (κ3) is 5.72. The van der Waals surface area contributed by atoms with Crippen molar-refractivity contribution in [3.05, 3.63) is 77.7 Å². The Morgan fingerprint density at radius 1 is 1.00 bits per heavy atom. The molecule has 0 bridgehead atoms. The minimum absolute atomic E-state index is 0.204. The Morgan fingerprint density at radius 3 is 2.28 bits per heavy atom. The number of primary amides is 2. The molecule has 0 aliphatic carbocycles. The van der Waals surface area contributed by atoms with Gasteiger partial charge in [-0.25, -0.2) is 0 Å². The molecule has 0 aliphatic rings. The molecule has 0 heterocycles. The predicted molar refractivity (Wildman–Crippen MR) is 96.4 cm³/mol. The van der Waals surface area contributed by atoms with Crippen molar-refractivity contribution in [1.29, 1.82) is 0 Å². The van der Waals surface area contributed by atoms with Gasteiger partial charge in [-0.05, 0) is 42.9 Å². The molecule has 2 atom stereocenters. The Balaban J connectivity index is 1.99. The molecule has 2 rings (SSSR count). The van der Waals surface area contributed by atoms with E-state index in [1.54, 1.807) is 30.7 Å². The Hall–Kier alpha value is -2.66. The van der Waals surface area contributed by atoms with Gasteiger partial charge in [-0.1, -0.05) is 48.5 Å². The molecule has 2 aromatic rings. The predicted octanol–water partition coefficient (Wildman–Crippen LogP) is 1.63. The van der Waals surface area contributed by atoms with Crippen LogP contribution >= 0.6 is 0 Å². The van der Waals surface area contributed by atoms with Gasteiger partial charge in [0.15, 0.2) is 0 Å². The van der Waals surface area contributed by atoms with Crippen LogP contribution in [0.4, 0.5) is 0 Å². The van der Waals surface area contributed by atoms with Gasteiger partial charge in [0.1, 0.15) is 0 Å². The summed E-state index contributed by atoms with van der Waals surface area (Å²) in [6.45, 7) is 0. The van der Waals surface area contributed by atoms with E-state index in [0.29, 0.717) is 17.5 Å². The quantitative estimate of drug-likeness (QED) is 0.646. The van der Waals surface area contributed by atoms with Crippen LogP contribution in [0.15, 0.2) is 54.6 Å². The highest BCUT2D eigenvalue weighted by atomic mass is 16.3. The summed E-state index contributed by atoms with van der Waals surface area (Å²) in [5.41, 5.74) is 13.0. The SMILES string of the molecule is NC(=O)c1ccccc1C[C@H](C[C@@H](O)[CH]Cc1ccccc1)C(N)=O. The Kier molecular flexibility index (Phi) is 6.71. The van der Waals surface area contributed by atoms with Crippen molar-refractivity contribution in [1.82, 2.24) is 0 Å². The molecule has 2 aromatic carbocycles. The maximum absolute atomic E-state index is 11.8. The first kappa shape index (κ1) is 18.7. The summed E-state index contributed by atoms with van der Waals surface area (Å²) >= 11 is 0. The van der Waals surface area contributed by atoms with Gasteiger partial charge < -0.3 is 16.6 Å². The van der Waals surface area contributed by atoms with Crippen molar-refractivity contribution >= 4 is 11.8 Å². The molecule has 25 heavy (non-hydrogen) atoms. The third-order valence-corrected chi connectivity index (χ3v) is 4.15. The van der Waals surface area contributed by atoms with Gasteiger partial charge in [-0.3, -0.25) is 9.59 Å². The molecule has 2 amide bonds. The van der Waals surface area contributed by atoms with Crippen molar-refractivity contribution < 1.29 is 14.7 Å². The Bertz CT molecular complexity index is 716. The highest BCUT2D eigenvalue weighted by Crippen LogP contribution is 2.19. The molecular weight excluding hydrogens is 316 g/mol. The van der Waals surface area contributed by atoms with Gasteiger partial charge in [-0.2, -0.15) is 0 Å². The lowest BCUT2D eigenvalue weighted by molar-refractivity contribution is -0.122. The van der Waals surface area contributed by atoms with Crippen LogP contribution in [0.2, 0.25) is 0 Å². The molecular formula is C20H23N2O3. The molecule has 0 saturated carbocycles. The molecule has 1 radical (unpaired) electrons.